The van der Waals surface area contributed by atoms with Gasteiger partial charge in [0.05, 0.1) is 27.4 Å². The maximum Gasteiger partial charge on any atom is 0.192 e. The summed E-state index contributed by atoms with van der Waals surface area (Å²) in [5.41, 5.74) is -0.543. The lowest BCUT2D eigenvalue weighted by atomic mass is 9.70. The van der Waals surface area contributed by atoms with E-state index in [0.29, 0.717) is 0 Å². The summed E-state index contributed by atoms with van der Waals surface area (Å²) in [5.74, 6) is 3.27. The molecule has 1 rings (SSSR count). The molecule has 4 atom stereocenters. The van der Waals surface area contributed by atoms with E-state index in [1.54, 1.807) is 0 Å². The molecule has 0 aromatic carbocycles. The molecule has 158 valence electrons. The van der Waals surface area contributed by atoms with Crippen molar-refractivity contribution in [2.75, 3.05) is 0 Å². The monoisotopic (exact) mass is 413 g/mol. The predicted molar refractivity (Wildman–Crippen MR) is 122 cm³/mol. The van der Waals surface area contributed by atoms with Gasteiger partial charge < -0.3 is 4.43 Å². The molecular weight excluding hydrogens is 370 g/mol. The van der Waals surface area contributed by atoms with Crippen molar-refractivity contribution < 1.29 is 8.63 Å². The average molecular weight is 414 g/mol. The molecule has 1 saturated carbocycles. The number of hydrogen-bond acceptors (Lipinski definition) is 2. The third-order valence-corrected chi connectivity index (χ3v) is 12.5. The van der Waals surface area contributed by atoms with Crippen LogP contribution in [0.1, 0.15) is 87.0 Å². The van der Waals surface area contributed by atoms with E-state index in [1.807, 2.05) is 20.8 Å². The Balaban J connectivity index is 3.22. The van der Waals surface area contributed by atoms with Gasteiger partial charge >= 0.3 is 0 Å². The van der Waals surface area contributed by atoms with E-state index in [9.17, 15) is 4.21 Å². The zero-order valence-corrected chi connectivity index (χ0v) is 21.0. The van der Waals surface area contributed by atoms with Gasteiger partial charge in [-0.05, 0) is 64.6 Å². The maximum absolute atomic E-state index is 12.9. The molecule has 1 N–H and O–H groups in total. The van der Waals surface area contributed by atoms with E-state index in [2.05, 4.69) is 51.4 Å². The highest BCUT2D eigenvalue weighted by Gasteiger charge is 2.49. The number of rotatable bonds is 7. The summed E-state index contributed by atoms with van der Waals surface area (Å²) in [5, 5.41) is 0.167. The third kappa shape index (κ3) is 6.16. The Morgan fingerprint density at radius 3 is 2.30 bits per heavy atom. The highest BCUT2D eigenvalue weighted by atomic mass is 32.2. The molecule has 1 aliphatic rings. The maximum atomic E-state index is 12.9. The molecular formula is C22H43NO2SSi. The highest BCUT2D eigenvalue weighted by Crippen LogP contribution is 2.44. The van der Waals surface area contributed by atoms with Crippen LogP contribution in [0, 0.1) is 18.3 Å². The van der Waals surface area contributed by atoms with Crippen LogP contribution in [-0.4, -0.2) is 28.9 Å². The standard InChI is InChI=1S/C22H43NO2SSi/c1-11-13-15-18-19(25-27(9,10)21(6,7)8)16-14-17-22(18,12-2)23-26(24)20(3,4)5/h2,18-19,23H,11,13-17H2,1,3-10H3/t18-,19+,22+,26?/m1/s1. The summed E-state index contributed by atoms with van der Waals surface area (Å²) in [4.78, 5) is 0. The number of nitrogens with one attached hydrogen (secondary N) is 1. The summed E-state index contributed by atoms with van der Waals surface area (Å²) in [6.45, 7) is 19.7. The van der Waals surface area contributed by atoms with Crippen molar-refractivity contribution in [2.24, 2.45) is 5.92 Å². The van der Waals surface area contributed by atoms with E-state index < -0.39 is 24.8 Å². The molecule has 1 fully saturated rings. The number of hydrogen-bond donors (Lipinski definition) is 1. The van der Waals surface area contributed by atoms with Crippen LogP contribution in [0.5, 0.6) is 0 Å². The van der Waals surface area contributed by atoms with E-state index in [1.165, 1.54) is 0 Å². The van der Waals surface area contributed by atoms with Gasteiger partial charge in [-0.3, -0.25) is 0 Å². The fourth-order valence-electron chi connectivity index (χ4n) is 3.49. The molecule has 0 radical (unpaired) electrons. The summed E-state index contributed by atoms with van der Waals surface area (Å²) in [6.07, 6.45) is 12.5. The summed E-state index contributed by atoms with van der Waals surface area (Å²) >= 11 is 0. The smallest absolute Gasteiger partial charge is 0.192 e. The van der Waals surface area contributed by atoms with Gasteiger partial charge in [0.2, 0.25) is 0 Å². The van der Waals surface area contributed by atoms with Crippen molar-refractivity contribution in [3.05, 3.63) is 0 Å². The summed E-state index contributed by atoms with van der Waals surface area (Å²) in [7, 11) is -3.09. The molecule has 27 heavy (non-hydrogen) atoms. The molecule has 0 aromatic heterocycles. The van der Waals surface area contributed by atoms with Crippen LogP contribution in [0.2, 0.25) is 18.1 Å². The van der Waals surface area contributed by atoms with Crippen LogP contribution >= 0.6 is 0 Å². The third-order valence-electron chi connectivity index (χ3n) is 6.35. The van der Waals surface area contributed by atoms with Crippen molar-refractivity contribution in [3.8, 4) is 12.3 Å². The lowest BCUT2D eigenvalue weighted by Gasteiger charge is -2.49. The Bertz CT molecular complexity index is 556. The highest BCUT2D eigenvalue weighted by molar-refractivity contribution is 7.84. The second-order valence-electron chi connectivity index (χ2n) is 10.7. The van der Waals surface area contributed by atoms with Crippen LogP contribution in [0.3, 0.4) is 0 Å². The van der Waals surface area contributed by atoms with Gasteiger partial charge in [0, 0.05) is 5.92 Å². The molecule has 1 unspecified atom stereocenters. The minimum absolute atomic E-state index is 0.145. The summed E-state index contributed by atoms with van der Waals surface area (Å²) < 4.78 is 22.9. The second-order valence-corrected chi connectivity index (χ2v) is 17.4. The Morgan fingerprint density at radius 2 is 1.85 bits per heavy atom. The van der Waals surface area contributed by atoms with Crippen LogP contribution in [0.4, 0.5) is 0 Å². The minimum atomic E-state index is -1.90. The van der Waals surface area contributed by atoms with Crippen molar-refractivity contribution in [2.45, 2.75) is 122 Å². The fourth-order valence-corrected chi connectivity index (χ4v) is 5.83. The number of unbranched alkanes of at least 4 members (excludes halogenated alkanes) is 1. The molecule has 0 spiro atoms. The van der Waals surface area contributed by atoms with E-state index in [-0.39, 0.29) is 21.8 Å². The fraction of sp³-hybridized carbons (Fsp3) is 0.909. The molecule has 0 heterocycles. The van der Waals surface area contributed by atoms with Crippen LogP contribution in [0.15, 0.2) is 0 Å². The zero-order chi connectivity index (χ0) is 21.1. The Morgan fingerprint density at radius 1 is 1.26 bits per heavy atom. The largest absolute Gasteiger partial charge is 0.414 e. The minimum Gasteiger partial charge on any atom is -0.414 e. The lowest BCUT2D eigenvalue weighted by molar-refractivity contribution is 0.0350. The van der Waals surface area contributed by atoms with Gasteiger partial charge in [0.1, 0.15) is 0 Å². The average Bonchev–Trinajstić information content (AvgIpc) is 2.51. The lowest BCUT2D eigenvalue weighted by Crippen LogP contribution is -2.61. The van der Waals surface area contributed by atoms with Crippen LogP contribution < -0.4 is 4.72 Å². The molecule has 0 saturated heterocycles. The van der Waals surface area contributed by atoms with Gasteiger partial charge in [0.15, 0.2) is 8.32 Å². The SMILES string of the molecule is C#C[C@]1(NS(=O)C(C)(C)C)CCC[C@H](O[Si](C)(C)C(C)(C)C)[C@H]1CCCC. The van der Waals surface area contributed by atoms with E-state index in [4.69, 9.17) is 10.8 Å². The Kier molecular flexibility index (Phi) is 8.40. The first-order valence-corrected chi connectivity index (χ1v) is 14.6. The van der Waals surface area contributed by atoms with Crippen molar-refractivity contribution in [3.63, 3.8) is 0 Å². The number of terminal acetylenes is 1. The molecule has 5 heteroatoms. The van der Waals surface area contributed by atoms with Gasteiger partial charge in [-0.2, -0.15) is 0 Å². The van der Waals surface area contributed by atoms with Crippen molar-refractivity contribution in [1.82, 2.24) is 4.72 Å². The second kappa shape index (κ2) is 9.11. The van der Waals surface area contributed by atoms with Gasteiger partial charge in [-0.25, -0.2) is 8.93 Å². The molecule has 0 aliphatic heterocycles. The van der Waals surface area contributed by atoms with Gasteiger partial charge in [-0.15, -0.1) is 6.42 Å². The molecule has 3 nitrogen and oxygen atoms in total. The van der Waals surface area contributed by atoms with Gasteiger partial charge in [0.25, 0.3) is 0 Å². The normalized spacial score (nSPS) is 28.6. The first-order chi connectivity index (χ1) is 12.2. The van der Waals surface area contributed by atoms with E-state index >= 15 is 0 Å². The summed E-state index contributed by atoms with van der Waals surface area (Å²) in [6, 6.07) is 0. The predicted octanol–water partition coefficient (Wildman–Crippen LogP) is 5.79. The van der Waals surface area contributed by atoms with Crippen molar-refractivity contribution >= 4 is 19.3 Å². The molecule has 0 bridgehead atoms. The van der Waals surface area contributed by atoms with Crippen molar-refractivity contribution in [1.29, 1.82) is 0 Å². The quantitative estimate of drug-likeness (QED) is 0.424. The zero-order valence-electron chi connectivity index (χ0n) is 19.2. The van der Waals surface area contributed by atoms with E-state index in [0.717, 1.165) is 38.5 Å². The Hall–Kier alpha value is -0.153. The first-order valence-electron chi connectivity index (χ1n) is 10.6. The molecule has 0 amide bonds. The molecule has 1 aliphatic carbocycles. The Labute approximate surface area is 172 Å². The van der Waals surface area contributed by atoms with Gasteiger partial charge in [-0.1, -0.05) is 46.5 Å². The topological polar surface area (TPSA) is 38.3 Å². The van der Waals surface area contributed by atoms with Crippen LogP contribution in [0.25, 0.3) is 0 Å². The molecule has 0 aromatic rings. The van der Waals surface area contributed by atoms with Crippen LogP contribution in [-0.2, 0) is 15.4 Å². The first kappa shape index (κ1) is 24.9.